The van der Waals surface area contributed by atoms with Crippen molar-refractivity contribution in [3.8, 4) is 0 Å². The summed E-state index contributed by atoms with van der Waals surface area (Å²) in [7, 11) is 0. The van der Waals surface area contributed by atoms with Gasteiger partial charge in [0.1, 0.15) is 0 Å². The Morgan fingerprint density at radius 2 is 1.83 bits per heavy atom. The normalized spacial score (nSPS) is 21.1. The number of rotatable bonds is 4. The SMILES string of the molecule is CC1CCCC(C)N1C(=O)COC(=O)Cc1ccc(Cl)c(Cl)c1. The summed E-state index contributed by atoms with van der Waals surface area (Å²) in [5, 5.41) is 0.830. The van der Waals surface area contributed by atoms with Crippen LogP contribution in [0, 0.1) is 0 Å². The van der Waals surface area contributed by atoms with E-state index in [1.807, 2.05) is 18.7 Å². The Morgan fingerprint density at radius 1 is 1.17 bits per heavy atom. The Kier molecular flexibility index (Phi) is 6.31. The molecular formula is C17H21Cl2NO3. The number of carbonyl (C=O) groups is 2. The van der Waals surface area contributed by atoms with Crippen LogP contribution in [0.3, 0.4) is 0 Å². The van der Waals surface area contributed by atoms with Gasteiger partial charge in [0.05, 0.1) is 16.5 Å². The monoisotopic (exact) mass is 357 g/mol. The topological polar surface area (TPSA) is 46.6 Å². The second kappa shape index (κ2) is 8.02. The van der Waals surface area contributed by atoms with Gasteiger partial charge in [-0.1, -0.05) is 29.3 Å². The summed E-state index contributed by atoms with van der Waals surface area (Å²) in [6.07, 6.45) is 3.18. The number of benzene rings is 1. The van der Waals surface area contributed by atoms with E-state index in [-0.39, 0.29) is 31.0 Å². The van der Waals surface area contributed by atoms with E-state index in [0.717, 1.165) is 19.3 Å². The molecule has 4 nitrogen and oxygen atoms in total. The zero-order chi connectivity index (χ0) is 17.0. The zero-order valence-electron chi connectivity index (χ0n) is 13.4. The van der Waals surface area contributed by atoms with Crippen LogP contribution in [-0.4, -0.2) is 35.5 Å². The molecule has 0 saturated carbocycles. The summed E-state index contributed by atoms with van der Waals surface area (Å²) in [5.41, 5.74) is 0.705. The number of esters is 1. The fourth-order valence-corrected chi connectivity index (χ4v) is 3.32. The highest BCUT2D eigenvalue weighted by atomic mass is 35.5. The van der Waals surface area contributed by atoms with Crippen molar-refractivity contribution >= 4 is 35.1 Å². The minimum absolute atomic E-state index is 0.0648. The first kappa shape index (κ1) is 18.1. The van der Waals surface area contributed by atoms with Gasteiger partial charge in [0.2, 0.25) is 0 Å². The first-order valence-electron chi connectivity index (χ1n) is 7.79. The molecule has 0 aromatic heterocycles. The van der Waals surface area contributed by atoms with Gasteiger partial charge in [-0.2, -0.15) is 0 Å². The molecule has 1 amide bonds. The van der Waals surface area contributed by atoms with Crippen LogP contribution in [0.2, 0.25) is 10.0 Å². The average molecular weight is 358 g/mol. The minimum atomic E-state index is -0.450. The van der Waals surface area contributed by atoms with E-state index in [9.17, 15) is 9.59 Å². The van der Waals surface area contributed by atoms with Crippen LogP contribution in [-0.2, 0) is 20.7 Å². The molecule has 2 atom stereocenters. The van der Waals surface area contributed by atoms with Gasteiger partial charge in [-0.25, -0.2) is 0 Å². The third-order valence-electron chi connectivity index (χ3n) is 4.17. The van der Waals surface area contributed by atoms with Crippen LogP contribution in [0.5, 0.6) is 0 Å². The Labute approximate surface area is 146 Å². The molecule has 0 radical (unpaired) electrons. The lowest BCUT2D eigenvalue weighted by Gasteiger charge is -2.38. The van der Waals surface area contributed by atoms with E-state index in [4.69, 9.17) is 27.9 Å². The second-order valence-corrected chi connectivity index (χ2v) is 6.83. The Hall–Kier alpha value is -1.26. The number of ether oxygens (including phenoxy) is 1. The number of carbonyl (C=O) groups excluding carboxylic acids is 2. The predicted molar refractivity (Wildman–Crippen MR) is 90.7 cm³/mol. The van der Waals surface area contributed by atoms with Crippen molar-refractivity contribution in [2.75, 3.05) is 6.61 Å². The molecule has 0 aliphatic carbocycles. The van der Waals surface area contributed by atoms with Gasteiger partial charge in [-0.15, -0.1) is 0 Å². The summed E-state index contributed by atoms with van der Waals surface area (Å²) < 4.78 is 5.12. The van der Waals surface area contributed by atoms with E-state index in [0.29, 0.717) is 15.6 Å². The van der Waals surface area contributed by atoms with Gasteiger partial charge in [0, 0.05) is 12.1 Å². The molecule has 0 N–H and O–H groups in total. The van der Waals surface area contributed by atoms with E-state index in [1.165, 1.54) is 0 Å². The van der Waals surface area contributed by atoms with Crippen LogP contribution >= 0.6 is 23.2 Å². The first-order valence-corrected chi connectivity index (χ1v) is 8.54. The quantitative estimate of drug-likeness (QED) is 0.768. The number of nitrogens with zero attached hydrogens (tertiary/aromatic N) is 1. The van der Waals surface area contributed by atoms with Crippen LogP contribution in [0.25, 0.3) is 0 Å². The van der Waals surface area contributed by atoms with Gasteiger partial charge in [-0.05, 0) is 50.8 Å². The first-order chi connectivity index (χ1) is 10.9. The summed E-state index contributed by atoms with van der Waals surface area (Å²) in [6, 6.07) is 5.36. The van der Waals surface area contributed by atoms with Crippen LogP contribution in [0.1, 0.15) is 38.7 Å². The molecular weight excluding hydrogens is 337 g/mol. The maximum atomic E-state index is 12.3. The molecule has 126 valence electrons. The number of hydrogen-bond acceptors (Lipinski definition) is 3. The van der Waals surface area contributed by atoms with Gasteiger partial charge in [0.15, 0.2) is 6.61 Å². The van der Waals surface area contributed by atoms with E-state index in [2.05, 4.69) is 0 Å². The third-order valence-corrected chi connectivity index (χ3v) is 4.91. The molecule has 1 aromatic rings. The fraction of sp³-hybridized carbons (Fsp3) is 0.529. The third kappa shape index (κ3) is 4.85. The largest absolute Gasteiger partial charge is 0.455 e. The summed E-state index contributed by atoms with van der Waals surface area (Å²) >= 11 is 11.7. The lowest BCUT2D eigenvalue weighted by atomic mass is 9.97. The predicted octanol–water partition coefficient (Wildman–Crippen LogP) is 3.87. The van der Waals surface area contributed by atoms with Crippen molar-refractivity contribution in [1.82, 2.24) is 4.90 Å². The maximum Gasteiger partial charge on any atom is 0.310 e. The molecule has 23 heavy (non-hydrogen) atoms. The standard InChI is InChI=1S/C17H21Cl2NO3/c1-11-4-3-5-12(2)20(11)16(21)10-23-17(22)9-13-6-7-14(18)15(19)8-13/h6-8,11-12H,3-5,9-10H2,1-2H3. The van der Waals surface area contributed by atoms with Crippen molar-refractivity contribution in [3.05, 3.63) is 33.8 Å². The molecule has 1 aromatic carbocycles. The molecule has 0 bridgehead atoms. The number of halogens is 2. The summed E-state index contributed by atoms with van der Waals surface area (Å²) in [6.45, 7) is 3.85. The lowest BCUT2D eigenvalue weighted by Crippen LogP contribution is -2.49. The minimum Gasteiger partial charge on any atom is -0.455 e. The molecule has 1 saturated heterocycles. The summed E-state index contributed by atoms with van der Waals surface area (Å²) in [5.74, 6) is -0.582. The molecule has 1 fully saturated rings. The van der Waals surface area contributed by atoms with Gasteiger partial charge in [-0.3, -0.25) is 9.59 Å². The summed E-state index contributed by atoms with van der Waals surface area (Å²) in [4.78, 5) is 26.0. The highest BCUT2D eigenvalue weighted by molar-refractivity contribution is 6.42. The molecule has 1 aliphatic rings. The van der Waals surface area contributed by atoms with Crippen LogP contribution in [0.15, 0.2) is 18.2 Å². The molecule has 0 spiro atoms. The molecule has 2 unspecified atom stereocenters. The number of amides is 1. The Balaban J connectivity index is 1.86. The highest BCUT2D eigenvalue weighted by Gasteiger charge is 2.29. The van der Waals surface area contributed by atoms with Crippen molar-refractivity contribution in [3.63, 3.8) is 0 Å². The van der Waals surface area contributed by atoms with E-state index >= 15 is 0 Å². The van der Waals surface area contributed by atoms with Crippen molar-refractivity contribution in [2.45, 2.75) is 51.6 Å². The van der Waals surface area contributed by atoms with E-state index in [1.54, 1.807) is 18.2 Å². The van der Waals surface area contributed by atoms with Crippen molar-refractivity contribution in [2.24, 2.45) is 0 Å². The van der Waals surface area contributed by atoms with E-state index < -0.39 is 5.97 Å². The van der Waals surface area contributed by atoms with Crippen molar-refractivity contribution in [1.29, 1.82) is 0 Å². The highest BCUT2D eigenvalue weighted by Crippen LogP contribution is 2.24. The van der Waals surface area contributed by atoms with Crippen LogP contribution < -0.4 is 0 Å². The maximum absolute atomic E-state index is 12.3. The number of likely N-dealkylation sites (tertiary alicyclic amines) is 1. The Morgan fingerprint density at radius 3 is 2.43 bits per heavy atom. The second-order valence-electron chi connectivity index (χ2n) is 6.02. The molecule has 1 heterocycles. The smallest absolute Gasteiger partial charge is 0.310 e. The molecule has 2 rings (SSSR count). The van der Waals surface area contributed by atoms with Crippen molar-refractivity contribution < 1.29 is 14.3 Å². The molecule has 1 aliphatic heterocycles. The molecule has 6 heteroatoms. The van der Waals surface area contributed by atoms with Crippen LogP contribution in [0.4, 0.5) is 0 Å². The van der Waals surface area contributed by atoms with Gasteiger partial charge < -0.3 is 9.64 Å². The lowest BCUT2D eigenvalue weighted by molar-refractivity contribution is -0.154. The number of hydrogen-bond donors (Lipinski definition) is 0. The van der Waals surface area contributed by atoms with Gasteiger partial charge >= 0.3 is 5.97 Å². The number of piperidine rings is 1. The zero-order valence-corrected chi connectivity index (χ0v) is 14.9. The Bertz CT molecular complexity index is 581. The average Bonchev–Trinajstić information content (AvgIpc) is 2.49. The fourth-order valence-electron chi connectivity index (χ4n) is 3.00. The van der Waals surface area contributed by atoms with Gasteiger partial charge in [0.25, 0.3) is 5.91 Å².